The fraction of sp³-hybridized carbons (Fsp3) is 0.533. The molecule has 1 aromatic heterocycles. The number of aromatic nitrogens is 1. The van der Waals surface area contributed by atoms with Crippen LogP contribution >= 0.6 is 0 Å². The second-order valence-corrected chi connectivity index (χ2v) is 4.32. The molecule has 1 nitrogen and oxygen atoms in total. The van der Waals surface area contributed by atoms with Gasteiger partial charge < -0.3 is 0 Å². The Hall–Kier alpha value is -1.32. The van der Waals surface area contributed by atoms with Gasteiger partial charge in [-0.25, -0.2) is 4.98 Å². The van der Waals surface area contributed by atoms with Crippen LogP contribution in [0.3, 0.4) is 0 Å². The van der Waals surface area contributed by atoms with Crippen LogP contribution in [0.25, 0.3) is 5.57 Å². The third-order valence-corrected chi connectivity index (χ3v) is 2.94. The molecule has 0 atom stereocenters. The summed E-state index contributed by atoms with van der Waals surface area (Å²) in [6, 6.07) is 3.18. The van der Waals surface area contributed by atoms with Crippen LogP contribution in [0, 0.1) is 6.92 Å². The van der Waals surface area contributed by atoms with Gasteiger partial charge in [0.15, 0.2) is 5.69 Å². The van der Waals surface area contributed by atoms with E-state index < -0.39 is 11.9 Å². The van der Waals surface area contributed by atoms with Gasteiger partial charge in [-0.3, -0.25) is 0 Å². The Labute approximate surface area is 112 Å². The summed E-state index contributed by atoms with van der Waals surface area (Å²) < 4.78 is 38.7. The van der Waals surface area contributed by atoms with E-state index in [-0.39, 0.29) is 5.56 Å². The number of nitrogens with zero attached hydrogens (tertiary/aromatic N) is 1. The minimum atomic E-state index is -4.38. The molecule has 0 saturated heterocycles. The number of halogens is 3. The van der Waals surface area contributed by atoms with Gasteiger partial charge in [0.1, 0.15) is 0 Å². The van der Waals surface area contributed by atoms with Crippen molar-refractivity contribution in [3.05, 3.63) is 35.2 Å². The van der Waals surface area contributed by atoms with E-state index in [1.165, 1.54) is 0 Å². The van der Waals surface area contributed by atoms with Crippen molar-refractivity contribution < 1.29 is 13.2 Å². The molecule has 0 fully saturated rings. The molecular formula is C15H20F3N. The Bertz CT molecular complexity index is 447. The fourth-order valence-corrected chi connectivity index (χ4v) is 2.11. The maximum absolute atomic E-state index is 12.9. The number of allylic oxidation sites excluding steroid dienone is 2. The second-order valence-electron chi connectivity index (χ2n) is 4.32. The number of alkyl halides is 3. The summed E-state index contributed by atoms with van der Waals surface area (Å²) in [4.78, 5) is 3.65. The Balaban J connectivity index is 0.000000861. The molecule has 1 heterocycles. The van der Waals surface area contributed by atoms with Gasteiger partial charge in [0.25, 0.3) is 0 Å². The standard InChI is InChI=1S/C13H14F3N.C2H6/c1-9-7-8-11(10-5-3-2-4-6-10)12(17-9)13(14,15)16;1-2/h5,7-8H,2-4,6H2,1H3;1-2H3. The largest absolute Gasteiger partial charge is 0.433 e. The van der Waals surface area contributed by atoms with Crippen molar-refractivity contribution in [3.63, 3.8) is 0 Å². The summed E-state index contributed by atoms with van der Waals surface area (Å²) in [5, 5.41) is 0. The summed E-state index contributed by atoms with van der Waals surface area (Å²) in [7, 11) is 0. The second kappa shape index (κ2) is 6.73. The Kier molecular flexibility index (Phi) is 5.58. The molecule has 0 radical (unpaired) electrons. The van der Waals surface area contributed by atoms with Crippen molar-refractivity contribution in [1.82, 2.24) is 4.98 Å². The van der Waals surface area contributed by atoms with Crippen LogP contribution in [-0.4, -0.2) is 4.98 Å². The molecule has 2 rings (SSSR count). The molecule has 1 aliphatic carbocycles. The Morgan fingerprint density at radius 3 is 2.32 bits per heavy atom. The van der Waals surface area contributed by atoms with Crippen molar-refractivity contribution in [2.45, 2.75) is 52.6 Å². The smallest absolute Gasteiger partial charge is 0.248 e. The Morgan fingerprint density at radius 1 is 1.11 bits per heavy atom. The van der Waals surface area contributed by atoms with Crippen LogP contribution in [0.5, 0.6) is 0 Å². The van der Waals surface area contributed by atoms with Crippen LogP contribution < -0.4 is 0 Å². The molecule has 0 N–H and O–H groups in total. The normalized spacial score (nSPS) is 15.4. The minimum Gasteiger partial charge on any atom is -0.248 e. The molecule has 1 aliphatic rings. The first-order chi connectivity index (χ1) is 8.98. The van der Waals surface area contributed by atoms with Crippen molar-refractivity contribution in [3.8, 4) is 0 Å². The summed E-state index contributed by atoms with van der Waals surface area (Å²) in [6.07, 6.45) is 1.13. The molecule has 0 aliphatic heterocycles. The molecule has 0 aromatic carbocycles. The van der Waals surface area contributed by atoms with Gasteiger partial charge in [-0.1, -0.05) is 26.0 Å². The van der Waals surface area contributed by atoms with E-state index in [9.17, 15) is 13.2 Å². The van der Waals surface area contributed by atoms with E-state index >= 15 is 0 Å². The average Bonchev–Trinajstić information content (AvgIpc) is 2.41. The zero-order chi connectivity index (χ0) is 14.5. The molecule has 0 saturated carbocycles. The van der Waals surface area contributed by atoms with Crippen LogP contribution in [-0.2, 0) is 6.18 Å². The van der Waals surface area contributed by atoms with Crippen molar-refractivity contribution >= 4 is 5.57 Å². The molecule has 0 bridgehead atoms. The number of hydrogen-bond acceptors (Lipinski definition) is 1. The van der Waals surface area contributed by atoms with Gasteiger partial charge in [-0.15, -0.1) is 0 Å². The predicted molar refractivity (Wildman–Crippen MR) is 71.8 cm³/mol. The summed E-state index contributed by atoms with van der Waals surface area (Å²) in [5.74, 6) is 0. The van der Waals surface area contributed by atoms with Crippen LogP contribution in [0.1, 0.15) is 56.5 Å². The topological polar surface area (TPSA) is 12.9 Å². The lowest BCUT2D eigenvalue weighted by atomic mass is 9.92. The van der Waals surface area contributed by atoms with Crippen LogP contribution in [0.15, 0.2) is 18.2 Å². The molecule has 1 aromatic rings. The van der Waals surface area contributed by atoms with Crippen LogP contribution in [0.4, 0.5) is 13.2 Å². The summed E-state index contributed by atoms with van der Waals surface area (Å²) in [6.45, 7) is 5.58. The highest BCUT2D eigenvalue weighted by Gasteiger charge is 2.36. The van der Waals surface area contributed by atoms with Crippen LogP contribution in [0.2, 0.25) is 0 Å². The maximum atomic E-state index is 12.9. The van der Waals surface area contributed by atoms with E-state index in [1.54, 1.807) is 19.1 Å². The molecular weight excluding hydrogens is 251 g/mol. The lowest BCUT2D eigenvalue weighted by molar-refractivity contribution is -0.141. The van der Waals surface area contributed by atoms with E-state index in [0.717, 1.165) is 24.8 Å². The zero-order valence-electron chi connectivity index (χ0n) is 11.6. The maximum Gasteiger partial charge on any atom is 0.433 e. The predicted octanol–water partition coefficient (Wildman–Crippen LogP) is 5.39. The van der Waals surface area contributed by atoms with E-state index in [2.05, 4.69) is 4.98 Å². The first-order valence-electron chi connectivity index (χ1n) is 6.73. The van der Waals surface area contributed by atoms with E-state index in [0.29, 0.717) is 12.1 Å². The highest BCUT2D eigenvalue weighted by Crippen LogP contribution is 2.36. The quantitative estimate of drug-likeness (QED) is 0.667. The van der Waals surface area contributed by atoms with Gasteiger partial charge in [-0.05, 0) is 44.2 Å². The third kappa shape index (κ3) is 4.08. The number of rotatable bonds is 1. The molecule has 0 spiro atoms. The number of hydrogen-bond donors (Lipinski definition) is 0. The monoisotopic (exact) mass is 271 g/mol. The number of aryl methyl sites for hydroxylation is 1. The van der Waals surface area contributed by atoms with Gasteiger partial charge in [0, 0.05) is 11.3 Å². The molecule has 4 heteroatoms. The van der Waals surface area contributed by atoms with Gasteiger partial charge in [0.05, 0.1) is 0 Å². The lowest BCUT2D eigenvalue weighted by Crippen LogP contribution is -2.13. The van der Waals surface area contributed by atoms with Gasteiger partial charge >= 0.3 is 6.18 Å². The average molecular weight is 271 g/mol. The summed E-state index contributed by atoms with van der Waals surface area (Å²) >= 11 is 0. The fourth-order valence-electron chi connectivity index (χ4n) is 2.11. The summed E-state index contributed by atoms with van der Waals surface area (Å²) in [5.41, 5.74) is 0.696. The minimum absolute atomic E-state index is 0.253. The SMILES string of the molecule is CC.Cc1ccc(C2=CCCCC2)c(C(F)(F)F)n1. The van der Waals surface area contributed by atoms with E-state index in [1.807, 2.05) is 19.9 Å². The van der Waals surface area contributed by atoms with Crippen molar-refractivity contribution in [2.24, 2.45) is 0 Å². The van der Waals surface area contributed by atoms with E-state index in [4.69, 9.17) is 0 Å². The van der Waals surface area contributed by atoms with Gasteiger partial charge in [-0.2, -0.15) is 13.2 Å². The van der Waals surface area contributed by atoms with Crippen molar-refractivity contribution in [1.29, 1.82) is 0 Å². The highest BCUT2D eigenvalue weighted by atomic mass is 19.4. The number of pyridine rings is 1. The first kappa shape index (κ1) is 15.7. The molecule has 0 amide bonds. The van der Waals surface area contributed by atoms with Gasteiger partial charge in [0.2, 0.25) is 0 Å². The molecule has 19 heavy (non-hydrogen) atoms. The Morgan fingerprint density at radius 2 is 1.79 bits per heavy atom. The highest BCUT2D eigenvalue weighted by molar-refractivity contribution is 5.68. The molecule has 0 unspecified atom stereocenters. The lowest BCUT2D eigenvalue weighted by Gasteiger charge is -2.17. The third-order valence-electron chi connectivity index (χ3n) is 2.94. The zero-order valence-corrected chi connectivity index (χ0v) is 11.6. The van der Waals surface area contributed by atoms with Crippen molar-refractivity contribution in [2.75, 3.05) is 0 Å². The first-order valence-corrected chi connectivity index (χ1v) is 6.73. The molecule has 106 valence electrons.